The SMILES string of the molecule is CCCCCCCCN(CCCCCCCC)[Si](C)(C)c1ccccc1. The van der Waals surface area contributed by atoms with Gasteiger partial charge in [0.25, 0.3) is 0 Å². The first-order valence-corrected chi connectivity index (χ1v) is 14.4. The molecule has 0 saturated carbocycles. The summed E-state index contributed by atoms with van der Waals surface area (Å²) in [7, 11) is -1.53. The van der Waals surface area contributed by atoms with Crippen molar-refractivity contribution in [1.82, 2.24) is 4.57 Å². The van der Waals surface area contributed by atoms with Crippen molar-refractivity contribution in [3.05, 3.63) is 30.3 Å². The standard InChI is InChI=1S/C24H45NSi/c1-5-7-9-11-13-18-22-25(23-19-14-12-10-8-6-2)26(3,4)24-20-16-15-17-21-24/h15-17,20-21H,5-14,18-19,22-23H2,1-4H3. The molecule has 1 aromatic carbocycles. The molecule has 0 spiro atoms. The largest absolute Gasteiger partial charge is 0.320 e. The van der Waals surface area contributed by atoms with Gasteiger partial charge < -0.3 is 4.57 Å². The van der Waals surface area contributed by atoms with Gasteiger partial charge in [0, 0.05) is 0 Å². The fourth-order valence-corrected chi connectivity index (χ4v) is 6.67. The predicted molar refractivity (Wildman–Crippen MR) is 122 cm³/mol. The Hall–Kier alpha value is -0.603. The number of nitrogens with zero attached hydrogens (tertiary/aromatic N) is 1. The van der Waals surface area contributed by atoms with E-state index in [1.807, 2.05) is 0 Å². The summed E-state index contributed by atoms with van der Waals surface area (Å²) in [5, 5.41) is 1.59. The van der Waals surface area contributed by atoms with Crippen molar-refractivity contribution in [2.24, 2.45) is 0 Å². The lowest BCUT2D eigenvalue weighted by Gasteiger charge is -2.37. The maximum Gasteiger partial charge on any atom is 0.154 e. The van der Waals surface area contributed by atoms with Gasteiger partial charge in [0.1, 0.15) is 0 Å². The molecule has 0 unspecified atom stereocenters. The third kappa shape index (κ3) is 9.37. The van der Waals surface area contributed by atoms with Crippen LogP contribution in [0.2, 0.25) is 13.1 Å². The molecular formula is C24H45NSi. The third-order valence-corrected chi connectivity index (χ3v) is 9.61. The quantitative estimate of drug-likeness (QED) is 0.219. The Kier molecular flexibility index (Phi) is 13.0. The Bertz CT molecular complexity index is 413. The Balaban J connectivity index is 2.51. The van der Waals surface area contributed by atoms with E-state index in [0.29, 0.717) is 0 Å². The van der Waals surface area contributed by atoms with Gasteiger partial charge in [-0.2, -0.15) is 0 Å². The van der Waals surface area contributed by atoms with Crippen LogP contribution in [-0.4, -0.2) is 25.9 Å². The molecule has 26 heavy (non-hydrogen) atoms. The van der Waals surface area contributed by atoms with E-state index in [1.165, 1.54) is 90.1 Å². The summed E-state index contributed by atoms with van der Waals surface area (Å²) >= 11 is 0. The third-order valence-electron chi connectivity index (χ3n) is 5.83. The van der Waals surface area contributed by atoms with Gasteiger partial charge in [0.05, 0.1) is 0 Å². The summed E-state index contributed by atoms with van der Waals surface area (Å²) in [4.78, 5) is 0. The average Bonchev–Trinajstić information content (AvgIpc) is 2.66. The highest BCUT2D eigenvalue weighted by molar-refractivity contribution is 6.87. The molecular weight excluding hydrogens is 330 g/mol. The van der Waals surface area contributed by atoms with Crippen molar-refractivity contribution in [3.8, 4) is 0 Å². The van der Waals surface area contributed by atoms with Gasteiger partial charge in [-0.25, -0.2) is 0 Å². The molecule has 2 heteroatoms. The van der Waals surface area contributed by atoms with E-state index in [2.05, 4.69) is 61.8 Å². The molecule has 0 aliphatic rings. The normalized spacial score (nSPS) is 12.0. The number of hydrogen-bond acceptors (Lipinski definition) is 1. The van der Waals surface area contributed by atoms with Gasteiger partial charge in [0.15, 0.2) is 8.24 Å². The van der Waals surface area contributed by atoms with Crippen LogP contribution in [0.1, 0.15) is 90.9 Å². The Morgan fingerprint density at radius 2 is 1.04 bits per heavy atom. The minimum absolute atomic E-state index is 1.30. The number of hydrogen-bond donors (Lipinski definition) is 0. The van der Waals surface area contributed by atoms with Gasteiger partial charge in [-0.05, 0) is 31.1 Å². The Morgan fingerprint density at radius 3 is 1.50 bits per heavy atom. The van der Waals surface area contributed by atoms with Crippen molar-refractivity contribution in [2.75, 3.05) is 13.1 Å². The maximum atomic E-state index is 2.89. The minimum atomic E-state index is -1.53. The van der Waals surface area contributed by atoms with Crippen molar-refractivity contribution in [3.63, 3.8) is 0 Å². The van der Waals surface area contributed by atoms with Crippen molar-refractivity contribution in [2.45, 2.75) is 104 Å². The summed E-state index contributed by atoms with van der Waals surface area (Å²) in [6.07, 6.45) is 16.8. The zero-order valence-corrected chi connectivity index (χ0v) is 19.2. The molecule has 1 aromatic rings. The number of rotatable bonds is 16. The highest BCUT2D eigenvalue weighted by atomic mass is 28.3. The van der Waals surface area contributed by atoms with Gasteiger partial charge in [-0.3, -0.25) is 0 Å². The van der Waals surface area contributed by atoms with Crippen molar-refractivity contribution in [1.29, 1.82) is 0 Å². The summed E-state index contributed by atoms with van der Waals surface area (Å²) in [5.41, 5.74) is 0. The Labute approximate surface area is 165 Å². The summed E-state index contributed by atoms with van der Waals surface area (Å²) in [5.74, 6) is 0. The van der Waals surface area contributed by atoms with Crippen LogP contribution in [0.15, 0.2) is 30.3 Å². The topological polar surface area (TPSA) is 3.24 Å². The van der Waals surface area contributed by atoms with Gasteiger partial charge in [-0.15, -0.1) is 0 Å². The van der Waals surface area contributed by atoms with Crippen LogP contribution in [-0.2, 0) is 0 Å². The molecule has 0 aliphatic heterocycles. The molecule has 0 amide bonds. The highest BCUT2D eigenvalue weighted by Gasteiger charge is 2.30. The van der Waals surface area contributed by atoms with E-state index < -0.39 is 8.24 Å². The van der Waals surface area contributed by atoms with Crippen molar-refractivity contribution >= 4 is 13.4 Å². The molecule has 1 rings (SSSR count). The van der Waals surface area contributed by atoms with Crippen LogP contribution in [0.5, 0.6) is 0 Å². The van der Waals surface area contributed by atoms with E-state index in [-0.39, 0.29) is 0 Å². The summed E-state index contributed by atoms with van der Waals surface area (Å²) in [6.45, 7) is 12.3. The molecule has 0 heterocycles. The highest BCUT2D eigenvalue weighted by Crippen LogP contribution is 2.16. The van der Waals surface area contributed by atoms with Crippen LogP contribution in [0, 0.1) is 0 Å². The molecule has 0 aromatic heterocycles. The predicted octanol–water partition coefficient (Wildman–Crippen LogP) is 7.12. The Morgan fingerprint density at radius 1 is 0.615 bits per heavy atom. The molecule has 0 bridgehead atoms. The van der Waals surface area contributed by atoms with E-state index in [0.717, 1.165) is 0 Å². The molecule has 0 radical (unpaired) electrons. The molecule has 0 N–H and O–H groups in total. The second-order valence-electron chi connectivity index (χ2n) is 8.45. The molecule has 150 valence electrons. The van der Waals surface area contributed by atoms with Gasteiger partial charge in [0.2, 0.25) is 0 Å². The zero-order valence-electron chi connectivity index (χ0n) is 18.2. The molecule has 1 nitrogen and oxygen atoms in total. The average molecular weight is 376 g/mol. The van der Waals surface area contributed by atoms with E-state index in [1.54, 1.807) is 5.19 Å². The monoisotopic (exact) mass is 375 g/mol. The minimum Gasteiger partial charge on any atom is -0.320 e. The molecule has 0 atom stereocenters. The molecule has 0 aliphatic carbocycles. The van der Waals surface area contributed by atoms with Crippen LogP contribution in [0.3, 0.4) is 0 Å². The van der Waals surface area contributed by atoms with Crippen LogP contribution >= 0.6 is 0 Å². The van der Waals surface area contributed by atoms with Gasteiger partial charge >= 0.3 is 0 Å². The van der Waals surface area contributed by atoms with Gasteiger partial charge in [-0.1, -0.05) is 121 Å². The second-order valence-corrected chi connectivity index (χ2v) is 12.8. The summed E-state index contributed by atoms with van der Waals surface area (Å²) < 4.78 is 2.89. The lowest BCUT2D eigenvalue weighted by Crippen LogP contribution is -2.58. The lowest BCUT2D eigenvalue weighted by molar-refractivity contribution is 0.390. The zero-order chi connectivity index (χ0) is 19.1. The van der Waals surface area contributed by atoms with Crippen LogP contribution in [0.25, 0.3) is 0 Å². The van der Waals surface area contributed by atoms with Crippen molar-refractivity contribution < 1.29 is 0 Å². The number of benzene rings is 1. The number of unbranched alkanes of at least 4 members (excludes halogenated alkanes) is 10. The fraction of sp³-hybridized carbons (Fsp3) is 0.750. The summed E-state index contributed by atoms with van der Waals surface area (Å²) in [6, 6.07) is 11.3. The maximum absolute atomic E-state index is 2.89. The fourth-order valence-electron chi connectivity index (χ4n) is 3.87. The lowest BCUT2D eigenvalue weighted by atomic mass is 10.1. The second kappa shape index (κ2) is 14.5. The van der Waals surface area contributed by atoms with Crippen LogP contribution < -0.4 is 5.19 Å². The first kappa shape index (κ1) is 23.4. The molecule has 0 fully saturated rings. The van der Waals surface area contributed by atoms with Crippen LogP contribution in [0.4, 0.5) is 0 Å². The first-order chi connectivity index (χ1) is 12.6. The smallest absolute Gasteiger partial charge is 0.154 e. The molecule has 0 saturated heterocycles. The van der Waals surface area contributed by atoms with E-state index in [9.17, 15) is 0 Å². The first-order valence-electron chi connectivity index (χ1n) is 11.4. The van der Waals surface area contributed by atoms with E-state index in [4.69, 9.17) is 0 Å². The van der Waals surface area contributed by atoms with E-state index >= 15 is 0 Å².